The number of carbonyl (C=O) groups excluding carboxylic acids is 1. The topological polar surface area (TPSA) is 69.6 Å². The first-order valence-electron chi connectivity index (χ1n) is 6.21. The van der Waals surface area contributed by atoms with Crippen LogP contribution in [0.25, 0.3) is 0 Å². The Morgan fingerprint density at radius 2 is 1.95 bits per heavy atom. The number of benzene rings is 1. The summed E-state index contributed by atoms with van der Waals surface area (Å²) in [5.41, 5.74) is 0.240. The minimum Gasteiger partial charge on any atom is -0.480 e. The molecule has 20 heavy (non-hydrogen) atoms. The zero-order valence-electron chi connectivity index (χ0n) is 11.8. The Balaban J connectivity index is 2.85. The second kappa shape index (κ2) is 6.61. The van der Waals surface area contributed by atoms with Crippen molar-refractivity contribution in [2.24, 2.45) is 0 Å². The van der Waals surface area contributed by atoms with Crippen LogP contribution in [0.2, 0.25) is 5.02 Å². The van der Waals surface area contributed by atoms with Gasteiger partial charge in [0.2, 0.25) is 5.91 Å². The molecule has 110 valence electrons. The lowest BCUT2D eigenvalue weighted by Crippen LogP contribution is -2.47. The molecule has 0 aliphatic heterocycles. The summed E-state index contributed by atoms with van der Waals surface area (Å²) in [7, 11) is 0. The monoisotopic (exact) mass is 298 g/mol. The minimum atomic E-state index is -1.01. The van der Waals surface area contributed by atoms with E-state index in [0.29, 0.717) is 10.7 Å². The highest BCUT2D eigenvalue weighted by atomic mass is 35.5. The molecule has 0 aromatic heterocycles. The van der Waals surface area contributed by atoms with Crippen LogP contribution in [0.1, 0.15) is 20.8 Å². The number of anilines is 1. The van der Waals surface area contributed by atoms with Gasteiger partial charge in [-0.3, -0.25) is 9.59 Å². The summed E-state index contributed by atoms with van der Waals surface area (Å²) in [6.07, 6.45) is 0. The number of nitrogens with zero attached hydrogens (tertiary/aromatic N) is 1. The molecule has 1 rings (SSSR count). The van der Waals surface area contributed by atoms with E-state index in [2.05, 4.69) is 5.32 Å². The smallest absolute Gasteiger partial charge is 0.323 e. The van der Waals surface area contributed by atoms with E-state index in [9.17, 15) is 9.59 Å². The summed E-state index contributed by atoms with van der Waals surface area (Å²) < 4.78 is 0. The summed E-state index contributed by atoms with van der Waals surface area (Å²) in [5.74, 6) is -1.24. The maximum absolute atomic E-state index is 11.9. The van der Waals surface area contributed by atoms with E-state index in [1.807, 2.05) is 20.8 Å². The summed E-state index contributed by atoms with van der Waals surface area (Å²) in [6.45, 7) is 5.30. The van der Waals surface area contributed by atoms with E-state index in [-0.39, 0.29) is 24.5 Å². The van der Waals surface area contributed by atoms with Crippen molar-refractivity contribution in [3.8, 4) is 0 Å². The minimum absolute atomic E-state index is 0.0378. The lowest BCUT2D eigenvalue weighted by atomic mass is 10.1. The van der Waals surface area contributed by atoms with Crippen LogP contribution in [0.15, 0.2) is 24.3 Å². The normalized spacial score (nSPS) is 11.0. The average molecular weight is 299 g/mol. The molecule has 5 nitrogen and oxygen atoms in total. The Hall–Kier alpha value is -1.75. The summed E-state index contributed by atoms with van der Waals surface area (Å²) in [6, 6.07) is 6.77. The van der Waals surface area contributed by atoms with Gasteiger partial charge >= 0.3 is 5.97 Å². The molecule has 0 saturated heterocycles. The largest absolute Gasteiger partial charge is 0.480 e. The molecule has 6 heteroatoms. The van der Waals surface area contributed by atoms with Gasteiger partial charge < -0.3 is 15.3 Å². The lowest BCUT2D eigenvalue weighted by molar-refractivity contribution is -0.135. The van der Waals surface area contributed by atoms with Crippen LogP contribution in [0.4, 0.5) is 5.69 Å². The van der Waals surface area contributed by atoms with Crippen molar-refractivity contribution < 1.29 is 14.7 Å². The van der Waals surface area contributed by atoms with Gasteiger partial charge in [0.15, 0.2) is 0 Å². The Morgan fingerprint density at radius 3 is 2.45 bits per heavy atom. The van der Waals surface area contributed by atoms with E-state index in [1.165, 1.54) is 4.90 Å². The van der Waals surface area contributed by atoms with Crippen molar-refractivity contribution >= 4 is 29.2 Å². The fourth-order valence-electron chi connectivity index (χ4n) is 1.71. The van der Waals surface area contributed by atoms with Gasteiger partial charge in [-0.1, -0.05) is 17.7 Å². The first-order valence-corrected chi connectivity index (χ1v) is 6.58. The van der Waals surface area contributed by atoms with E-state index < -0.39 is 5.97 Å². The molecule has 0 heterocycles. The Morgan fingerprint density at radius 1 is 1.30 bits per heavy atom. The second-order valence-electron chi connectivity index (χ2n) is 5.53. The molecule has 2 N–H and O–H groups in total. The van der Waals surface area contributed by atoms with Gasteiger partial charge in [0.1, 0.15) is 6.54 Å². The van der Waals surface area contributed by atoms with Gasteiger partial charge in [-0.15, -0.1) is 0 Å². The molecule has 1 aromatic carbocycles. The molecular formula is C14H19ClN2O3. The van der Waals surface area contributed by atoms with Gasteiger partial charge in [0.25, 0.3) is 0 Å². The molecule has 1 amide bonds. The molecule has 0 aliphatic carbocycles. The fourth-order valence-corrected chi connectivity index (χ4v) is 1.89. The number of amides is 1. The van der Waals surface area contributed by atoms with Gasteiger partial charge in [0, 0.05) is 16.2 Å². The van der Waals surface area contributed by atoms with Gasteiger partial charge in [0.05, 0.1) is 6.54 Å². The first-order chi connectivity index (χ1) is 9.17. The van der Waals surface area contributed by atoms with E-state index in [0.717, 1.165) is 0 Å². The highest BCUT2D eigenvalue weighted by Crippen LogP contribution is 2.19. The van der Waals surface area contributed by atoms with Gasteiger partial charge in [-0.2, -0.15) is 0 Å². The SMILES string of the molecule is CC(C)(C)NC(=O)CN(CC(=O)O)c1cccc(Cl)c1. The van der Waals surface area contributed by atoms with Crippen molar-refractivity contribution in [3.63, 3.8) is 0 Å². The van der Waals surface area contributed by atoms with Crippen LogP contribution >= 0.6 is 11.6 Å². The molecule has 0 bridgehead atoms. The highest BCUT2D eigenvalue weighted by molar-refractivity contribution is 6.30. The number of nitrogens with one attached hydrogen (secondary N) is 1. The number of halogens is 1. The van der Waals surface area contributed by atoms with Crippen molar-refractivity contribution in [2.75, 3.05) is 18.0 Å². The maximum atomic E-state index is 11.9. The molecule has 0 atom stereocenters. The van der Waals surface area contributed by atoms with Crippen LogP contribution in [0.5, 0.6) is 0 Å². The van der Waals surface area contributed by atoms with Crippen molar-refractivity contribution in [1.82, 2.24) is 5.32 Å². The number of aliphatic carboxylic acids is 1. The Labute approximate surface area is 123 Å². The Bertz CT molecular complexity index is 497. The quantitative estimate of drug-likeness (QED) is 0.874. The van der Waals surface area contributed by atoms with Crippen LogP contribution in [0.3, 0.4) is 0 Å². The number of rotatable bonds is 5. The molecule has 0 saturated carbocycles. The van der Waals surface area contributed by atoms with E-state index in [4.69, 9.17) is 16.7 Å². The van der Waals surface area contributed by atoms with E-state index >= 15 is 0 Å². The third kappa shape index (κ3) is 5.93. The second-order valence-corrected chi connectivity index (χ2v) is 5.96. The van der Waals surface area contributed by atoms with Crippen LogP contribution in [0, 0.1) is 0 Å². The third-order valence-corrected chi connectivity index (χ3v) is 2.58. The average Bonchev–Trinajstić information content (AvgIpc) is 2.24. The maximum Gasteiger partial charge on any atom is 0.323 e. The van der Waals surface area contributed by atoms with Crippen LogP contribution in [-0.2, 0) is 9.59 Å². The summed E-state index contributed by atoms with van der Waals surface area (Å²) in [5, 5.41) is 12.2. The number of carboxylic acid groups (broad SMARTS) is 1. The van der Waals surface area contributed by atoms with Gasteiger partial charge in [-0.25, -0.2) is 0 Å². The first kappa shape index (κ1) is 16.3. The predicted octanol–water partition coefficient (Wildman–Crippen LogP) is 2.15. The molecular weight excluding hydrogens is 280 g/mol. The zero-order chi connectivity index (χ0) is 15.3. The summed E-state index contributed by atoms with van der Waals surface area (Å²) in [4.78, 5) is 24.3. The predicted molar refractivity (Wildman–Crippen MR) is 79.2 cm³/mol. The molecule has 1 aromatic rings. The zero-order valence-corrected chi connectivity index (χ0v) is 12.6. The number of hydrogen-bond donors (Lipinski definition) is 2. The van der Waals surface area contributed by atoms with E-state index in [1.54, 1.807) is 24.3 Å². The Kier molecular flexibility index (Phi) is 5.39. The third-order valence-electron chi connectivity index (χ3n) is 2.35. The van der Waals surface area contributed by atoms with Crippen molar-refractivity contribution in [1.29, 1.82) is 0 Å². The van der Waals surface area contributed by atoms with Gasteiger partial charge in [-0.05, 0) is 39.0 Å². The standard InChI is InChI=1S/C14H19ClN2O3/c1-14(2,3)16-12(18)8-17(9-13(19)20)11-6-4-5-10(15)7-11/h4-7H,8-9H2,1-3H3,(H,16,18)(H,19,20). The number of carbonyl (C=O) groups is 2. The number of hydrogen-bond acceptors (Lipinski definition) is 3. The van der Waals surface area contributed by atoms with Crippen LogP contribution < -0.4 is 10.2 Å². The molecule has 0 spiro atoms. The number of carboxylic acids is 1. The molecule has 0 fully saturated rings. The molecule has 0 radical (unpaired) electrons. The fraction of sp³-hybridized carbons (Fsp3) is 0.429. The summed E-state index contributed by atoms with van der Waals surface area (Å²) >= 11 is 5.89. The van der Waals surface area contributed by atoms with Crippen LogP contribution in [-0.4, -0.2) is 35.6 Å². The molecule has 0 unspecified atom stereocenters. The lowest BCUT2D eigenvalue weighted by Gasteiger charge is -2.26. The highest BCUT2D eigenvalue weighted by Gasteiger charge is 2.19. The van der Waals surface area contributed by atoms with Crippen molar-refractivity contribution in [3.05, 3.63) is 29.3 Å². The van der Waals surface area contributed by atoms with Crippen molar-refractivity contribution in [2.45, 2.75) is 26.3 Å². The molecule has 0 aliphatic rings.